The highest BCUT2D eigenvalue weighted by Crippen LogP contribution is 2.23. The molecule has 0 unspecified atom stereocenters. The zero-order valence-corrected chi connectivity index (χ0v) is 16.1. The molecule has 2 aromatic rings. The molecule has 0 aliphatic heterocycles. The predicted molar refractivity (Wildman–Crippen MR) is 103 cm³/mol. The van der Waals surface area contributed by atoms with Crippen molar-refractivity contribution in [3.63, 3.8) is 0 Å². The minimum atomic E-state index is -3.23. The van der Waals surface area contributed by atoms with Gasteiger partial charge in [0.25, 0.3) is 0 Å². The molecule has 0 fully saturated rings. The number of alkyl halides is 1. The van der Waals surface area contributed by atoms with Crippen molar-refractivity contribution in [2.75, 3.05) is 23.9 Å². The third kappa shape index (κ3) is 5.29. The molecule has 0 saturated carbocycles. The number of hydrogen-bond donors (Lipinski definition) is 0. The Labute approximate surface area is 152 Å². The average molecular weight is 444 g/mol. The summed E-state index contributed by atoms with van der Waals surface area (Å²) in [6, 6.07) is 15.6. The highest BCUT2D eigenvalue weighted by molar-refractivity contribution is 14.1. The van der Waals surface area contributed by atoms with Gasteiger partial charge in [-0.1, -0.05) is 59.0 Å². The molecular formula is C18H21IO3S. The van der Waals surface area contributed by atoms with E-state index < -0.39 is 9.84 Å². The number of aryl methyl sites for hydroxylation is 1. The zero-order chi connectivity index (χ0) is 16.7. The Hall–Kier alpha value is -0.920. The maximum atomic E-state index is 12.2. The van der Waals surface area contributed by atoms with Gasteiger partial charge in [-0.25, -0.2) is 8.42 Å². The van der Waals surface area contributed by atoms with E-state index in [0.29, 0.717) is 17.9 Å². The van der Waals surface area contributed by atoms with Gasteiger partial charge in [0, 0.05) is 18.1 Å². The lowest BCUT2D eigenvalue weighted by atomic mass is 10.0. The Morgan fingerprint density at radius 2 is 1.52 bits per heavy atom. The number of benzene rings is 2. The van der Waals surface area contributed by atoms with Crippen LogP contribution in [-0.2, 0) is 21.0 Å². The van der Waals surface area contributed by atoms with Crippen LogP contribution < -0.4 is 0 Å². The largest absolute Gasteiger partial charge is 0.385 e. The van der Waals surface area contributed by atoms with Crippen LogP contribution >= 0.6 is 22.6 Å². The number of hydrogen-bond acceptors (Lipinski definition) is 3. The van der Waals surface area contributed by atoms with E-state index >= 15 is 0 Å². The van der Waals surface area contributed by atoms with E-state index in [4.69, 9.17) is 4.74 Å². The van der Waals surface area contributed by atoms with E-state index in [9.17, 15) is 8.42 Å². The lowest BCUT2D eigenvalue weighted by Gasteiger charge is -2.07. The first-order valence-corrected chi connectivity index (χ1v) is 10.7. The van der Waals surface area contributed by atoms with Crippen molar-refractivity contribution in [3.05, 3.63) is 54.1 Å². The number of methoxy groups -OCH3 is 1. The molecular weight excluding hydrogens is 423 g/mol. The number of sulfone groups is 1. The third-order valence-electron chi connectivity index (χ3n) is 3.65. The van der Waals surface area contributed by atoms with Gasteiger partial charge in [0.2, 0.25) is 0 Å². The molecule has 0 heterocycles. The summed E-state index contributed by atoms with van der Waals surface area (Å²) in [5.41, 5.74) is 3.45. The van der Waals surface area contributed by atoms with Crippen molar-refractivity contribution in [2.24, 2.45) is 0 Å². The topological polar surface area (TPSA) is 43.4 Å². The molecule has 124 valence electrons. The molecule has 0 N–H and O–H groups in total. The van der Waals surface area contributed by atoms with Gasteiger partial charge in [0.05, 0.1) is 10.6 Å². The SMILES string of the molecule is COCCCS(=O)(=O)c1ccc(-c2ccc(CCI)cc2)cc1. The second kappa shape index (κ2) is 8.80. The van der Waals surface area contributed by atoms with Gasteiger partial charge >= 0.3 is 0 Å². The van der Waals surface area contributed by atoms with Crippen LogP contribution in [0.1, 0.15) is 12.0 Å². The summed E-state index contributed by atoms with van der Waals surface area (Å²) in [5.74, 6) is 0.116. The summed E-state index contributed by atoms with van der Waals surface area (Å²) < 4.78 is 30.4. The van der Waals surface area contributed by atoms with Crippen molar-refractivity contribution in [1.82, 2.24) is 0 Å². The fraction of sp³-hybridized carbons (Fsp3) is 0.333. The molecule has 2 rings (SSSR count). The van der Waals surface area contributed by atoms with Crippen molar-refractivity contribution in [3.8, 4) is 11.1 Å². The molecule has 0 radical (unpaired) electrons. The van der Waals surface area contributed by atoms with Crippen molar-refractivity contribution >= 4 is 32.4 Å². The smallest absolute Gasteiger partial charge is 0.178 e. The van der Waals surface area contributed by atoms with E-state index in [2.05, 4.69) is 46.9 Å². The standard InChI is InChI=1S/C18H21IO3S/c1-22-13-2-14-23(20,21)18-9-7-17(8-10-18)16-5-3-15(4-6-16)11-12-19/h3-10H,2,11-14H2,1H3. The lowest BCUT2D eigenvalue weighted by molar-refractivity contribution is 0.199. The Balaban J connectivity index is 2.12. The van der Waals surface area contributed by atoms with Gasteiger partial charge < -0.3 is 4.74 Å². The first kappa shape index (κ1) is 18.4. The Kier molecular flexibility index (Phi) is 7.05. The number of rotatable bonds is 8. The van der Waals surface area contributed by atoms with E-state index in [1.807, 2.05) is 12.1 Å². The predicted octanol–water partition coefficient (Wildman–Crippen LogP) is 4.14. The summed E-state index contributed by atoms with van der Waals surface area (Å²) in [7, 11) is -1.65. The summed E-state index contributed by atoms with van der Waals surface area (Å²) in [5, 5.41) is 0. The second-order valence-corrected chi connectivity index (χ2v) is 8.51. The van der Waals surface area contributed by atoms with Gasteiger partial charge in [0.15, 0.2) is 9.84 Å². The average Bonchev–Trinajstić information content (AvgIpc) is 2.56. The molecule has 2 aromatic carbocycles. The normalized spacial score (nSPS) is 11.6. The highest BCUT2D eigenvalue weighted by atomic mass is 127. The quantitative estimate of drug-likeness (QED) is 0.349. The van der Waals surface area contributed by atoms with Crippen molar-refractivity contribution in [2.45, 2.75) is 17.7 Å². The summed E-state index contributed by atoms with van der Waals surface area (Å²) in [6.07, 6.45) is 1.58. The molecule has 0 spiro atoms. The Morgan fingerprint density at radius 1 is 0.957 bits per heavy atom. The van der Waals surface area contributed by atoms with Crippen LogP contribution in [-0.4, -0.2) is 32.3 Å². The van der Waals surface area contributed by atoms with E-state index in [1.54, 1.807) is 19.2 Å². The molecule has 0 saturated heterocycles. The minimum absolute atomic E-state index is 0.116. The molecule has 5 heteroatoms. The maximum Gasteiger partial charge on any atom is 0.178 e. The molecule has 23 heavy (non-hydrogen) atoms. The minimum Gasteiger partial charge on any atom is -0.385 e. The molecule has 3 nitrogen and oxygen atoms in total. The van der Waals surface area contributed by atoms with Crippen LogP contribution in [0.2, 0.25) is 0 Å². The van der Waals surface area contributed by atoms with Crippen molar-refractivity contribution in [1.29, 1.82) is 0 Å². The van der Waals surface area contributed by atoms with Crippen LogP contribution in [0, 0.1) is 0 Å². The Bertz CT molecular complexity index is 707. The molecule has 0 aromatic heterocycles. The second-order valence-electron chi connectivity index (χ2n) is 5.33. The van der Waals surface area contributed by atoms with Crippen LogP contribution in [0.4, 0.5) is 0 Å². The molecule has 0 aliphatic rings. The van der Waals surface area contributed by atoms with Crippen molar-refractivity contribution < 1.29 is 13.2 Å². The van der Waals surface area contributed by atoms with Crippen LogP contribution in [0.25, 0.3) is 11.1 Å². The zero-order valence-electron chi connectivity index (χ0n) is 13.2. The van der Waals surface area contributed by atoms with Crippen LogP contribution in [0.5, 0.6) is 0 Å². The third-order valence-corrected chi connectivity index (χ3v) is 6.00. The lowest BCUT2D eigenvalue weighted by Crippen LogP contribution is -2.08. The number of halogens is 1. The van der Waals surface area contributed by atoms with Gasteiger partial charge in [-0.2, -0.15) is 0 Å². The van der Waals surface area contributed by atoms with E-state index in [1.165, 1.54) is 5.56 Å². The summed E-state index contributed by atoms with van der Waals surface area (Å²) in [6.45, 7) is 0.459. The van der Waals surface area contributed by atoms with Gasteiger partial charge in [0.1, 0.15) is 0 Å². The molecule has 0 bridgehead atoms. The molecule has 0 aliphatic carbocycles. The Morgan fingerprint density at radius 3 is 2.04 bits per heavy atom. The van der Waals surface area contributed by atoms with E-state index in [-0.39, 0.29) is 5.75 Å². The van der Waals surface area contributed by atoms with E-state index in [0.717, 1.165) is 22.0 Å². The summed E-state index contributed by atoms with van der Waals surface area (Å²) in [4.78, 5) is 0.374. The van der Waals surface area contributed by atoms with Gasteiger partial charge in [-0.15, -0.1) is 0 Å². The van der Waals surface area contributed by atoms with Gasteiger partial charge in [-0.3, -0.25) is 0 Å². The highest BCUT2D eigenvalue weighted by Gasteiger charge is 2.13. The first-order valence-electron chi connectivity index (χ1n) is 7.54. The van der Waals surface area contributed by atoms with Gasteiger partial charge in [-0.05, 0) is 41.7 Å². The fourth-order valence-electron chi connectivity index (χ4n) is 2.34. The fourth-order valence-corrected chi connectivity index (χ4v) is 4.25. The first-order chi connectivity index (χ1) is 11.1. The monoisotopic (exact) mass is 444 g/mol. The molecule has 0 atom stereocenters. The number of ether oxygens (including phenoxy) is 1. The maximum absolute atomic E-state index is 12.2. The van der Waals surface area contributed by atoms with Crippen LogP contribution in [0.3, 0.4) is 0 Å². The summed E-state index contributed by atoms with van der Waals surface area (Å²) >= 11 is 2.37. The molecule has 0 amide bonds. The van der Waals surface area contributed by atoms with Crippen LogP contribution in [0.15, 0.2) is 53.4 Å².